The van der Waals surface area contributed by atoms with Gasteiger partial charge in [0.2, 0.25) is 10.0 Å². The number of benzene rings is 1. The van der Waals surface area contributed by atoms with Crippen LogP contribution in [0, 0.1) is 5.82 Å². The van der Waals surface area contributed by atoms with Crippen molar-refractivity contribution in [3.8, 4) is 0 Å². The summed E-state index contributed by atoms with van der Waals surface area (Å²) in [7, 11) is -7.69. The molecule has 0 radical (unpaired) electrons. The molecule has 9 heteroatoms. The van der Waals surface area contributed by atoms with E-state index >= 15 is 0 Å². The van der Waals surface area contributed by atoms with Crippen LogP contribution in [0.2, 0.25) is 0 Å². The quantitative estimate of drug-likeness (QED) is 0.517. The van der Waals surface area contributed by atoms with Crippen molar-refractivity contribution in [2.45, 2.75) is 23.1 Å². The van der Waals surface area contributed by atoms with E-state index in [1.807, 2.05) is 0 Å². The van der Waals surface area contributed by atoms with E-state index in [0.29, 0.717) is 11.8 Å². The molecule has 0 bridgehead atoms. The maximum absolute atomic E-state index is 13.9. The molecular formula is C12H17BrFNO4S2. The Labute approximate surface area is 133 Å². The van der Waals surface area contributed by atoms with Gasteiger partial charge in [-0.25, -0.2) is 21.2 Å². The molecular weight excluding hydrogens is 385 g/mol. The molecule has 0 fully saturated rings. The summed E-state index contributed by atoms with van der Waals surface area (Å²) in [5, 5.41) is 0.402. The smallest absolute Gasteiger partial charge is 0.224 e. The number of rotatable bonds is 7. The summed E-state index contributed by atoms with van der Waals surface area (Å²) in [6.45, 7) is 2.22. The number of alkyl halides is 1. The number of nitrogens with zero attached hydrogens (tertiary/aromatic N) is 1. The molecule has 0 aliphatic carbocycles. The Morgan fingerprint density at radius 2 is 1.81 bits per heavy atom. The summed E-state index contributed by atoms with van der Waals surface area (Å²) in [6.07, 6.45) is 1.51. The number of hydrogen-bond donors (Lipinski definition) is 0. The minimum atomic E-state index is -4.07. The van der Waals surface area contributed by atoms with Crippen molar-refractivity contribution in [2.75, 3.05) is 24.7 Å². The van der Waals surface area contributed by atoms with Crippen molar-refractivity contribution in [3.05, 3.63) is 24.0 Å². The van der Waals surface area contributed by atoms with Crippen LogP contribution < -0.4 is 0 Å². The third-order valence-electron chi connectivity index (χ3n) is 2.76. The highest BCUT2D eigenvalue weighted by atomic mass is 79.9. The van der Waals surface area contributed by atoms with Crippen LogP contribution in [0.25, 0.3) is 0 Å². The Morgan fingerprint density at radius 3 is 2.29 bits per heavy atom. The zero-order chi connectivity index (χ0) is 16.3. The number of sulfone groups is 1. The van der Waals surface area contributed by atoms with E-state index in [4.69, 9.17) is 0 Å². The van der Waals surface area contributed by atoms with E-state index in [9.17, 15) is 21.2 Å². The van der Waals surface area contributed by atoms with Crippen molar-refractivity contribution >= 4 is 35.8 Å². The summed E-state index contributed by atoms with van der Waals surface area (Å²) in [6, 6.07) is 2.79. The lowest BCUT2D eigenvalue weighted by molar-refractivity contribution is 0.425. The average Bonchev–Trinajstić information content (AvgIpc) is 2.37. The van der Waals surface area contributed by atoms with Gasteiger partial charge in [-0.3, -0.25) is 0 Å². The van der Waals surface area contributed by atoms with Crippen LogP contribution >= 0.6 is 15.9 Å². The third kappa shape index (κ3) is 4.48. The molecule has 0 spiro atoms. The van der Waals surface area contributed by atoms with Crippen LogP contribution in [0.1, 0.15) is 13.3 Å². The molecule has 0 aliphatic heterocycles. The van der Waals surface area contributed by atoms with E-state index in [2.05, 4.69) is 15.9 Å². The van der Waals surface area contributed by atoms with E-state index in [-0.39, 0.29) is 18.0 Å². The monoisotopic (exact) mass is 401 g/mol. The van der Waals surface area contributed by atoms with Crippen LogP contribution in [0.4, 0.5) is 4.39 Å². The lowest BCUT2D eigenvalue weighted by Gasteiger charge is -2.21. The van der Waals surface area contributed by atoms with Gasteiger partial charge in [-0.05, 0) is 24.6 Å². The maximum atomic E-state index is 13.9. The van der Waals surface area contributed by atoms with Crippen molar-refractivity contribution < 1.29 is 21.2 Å². The third-order valence-corrected chi connectivity index (χ3v) is 6.13. The summed E-state index contributed by atoms with van der Waals surface area (Å²) in [5.41, 5.74) is 0. The van der Waals surface area contributed by atoms with Crippen LogP contribution in [0.3, 0.4) is 0 Å². The SMILES string of the molecule is CCCN(CCBr)S(=O)(=O)c1cc(S(C)(=O)=O)ccc1F. The zero-order valence-electron chi connectivity index (χ0n) is 11.7. The first kappa shape index (κ1) is 18.5. The first-order valence-corrected chi connectivity index (χ1v) is 10.7. The molecule has 0 heterocycles. The van der Waals surface area contributed by atoms with Crippen molar-refractivity contribution in [2.24, 2.45) is 0 Å². The van der Waals surface area contributed by atoms with Gasteiger partial charge >= 0.3 is 0 Å². The zero-order valence-corrected chi connectivity index (χ0v) is 14.9. The minimum Gasteiger partial charge on any atom is -0.224 e. The Balaban J connectivity index is 3.42. The highest BCUT2D eigenvalue weighted by Gasteiger charge is 2.27. The van der Waals surface area contributed by atoms with Crippen LogP contribution in [0.5, 0.6) is 0 Å². The second-order valence-electron chi connectivity index (χ2n) is 4.46. The van der Waals surface area contributed by atoms with E-state index in [1.54, 1.807) is 6.92 Å². The van der Waals surface area contributed by atoms with Gasteiger partial charge in [-0.1, -0.05) is 22.9 Å². The highest BCUT2D eigenvalue weighted by Crippen LogP contribution is 2.23. The predicted molar refractivity (Wildman–Crippen MR) is 82.4 cm³/mol. The molecule has 5 nitrogen and oxygen atoms in total. The van der Waals surface area contributed by atoms with Crippen LogP contribution in [-0.4, -0.2) is 45.8 Å². The van der Waals surface area contributed by atoms with Crippen molar-refractivity contribution in [3.63, 3.8) is 0 Å². The van der Waals surface area contributed by atoms with Crippen LogP contribution in [0.15, 0.2) is 28.0 Å². The molecule has 21 heavy (non-hydrogen) atoms. The van der Waals surface area contributed by atoms with Gasteiger partial charge in [0.05, 0.1) is 4.90 Å². The molecule has 120 valence electrons. The second kappa shape index (κ2) is 7.17. The molecule has 0 amide bonds. The van der Waals surface area contributed by atoms with Gasteiger partial charge in [0, 0.05) is 24.7 Å². The van der Waals surface area contributed by atoms with Gasteiger partial charge < -0.3 is 0 Å². The molecule has 0 unspecified atom stereocenters. The molecule has 0 atom stereocenters. The summed E-state index contributed by atoms with van der Waals surface area (Å²) < 4.78 is 63.0. The van der Waals surface area contributed by atoms with Gasteiger partial charge in [-0.15, -0.1) is 0 Å². The van der Waals surface area contributed by atoms with E-state index < -0.39 is 30.6 Å². The lowest BCUT2D eigenvalue weighted by Crippen LogP contribution is -2.34. The maximum Gasteiger partial charge on any atom is 0.246 e. The van der Waals surface area contributed by atoms with Crippen LogP contribution in [-0.2, 0) is 19.9 Å². The number of halogens is 2. The van der Waals surface area contributed by atoms with Gasteiger partial charge in [0.1, 0.15) is 10.7 Å². The number of sulfonamides is 1. The van der Waals surface area contributed by atoms with E-state index in [0.717, 1.165) is 28.8 Å². The van der Waals surface area contributed by atoms with Gasteiger partial charge in [0.15, 0.2) is 9.84 Å². The normalized spacial score (nSPS) is 12.8. The topological polar surface area (TPSA) is 71.5 Å². The summed E-state index contributed by atoms with van der Waals surface area (Å²) >= 11 is 3.15. The molecule has 0 saturated heterocycles. The Hall–Kier alpha value is -0.510. The average molecular weight is 402 g/mol. The molecule has 0 aromatic heterocycles. The Kier molecular flexibility index (Phi) is 6.33. The first-order chi connectivity index (χ1) is 9.64. The van der Waals surface area contributed by atoms with Crippen molar-refractivity contribution in [1.29, 1.82) is 0 Å². The summed E-state index contributed by atoms with van der Waals surface area (Å²) in [5.74, 6) is -0.960. The highest BCUT2D eigenvalue weighted by molar-refractivity contribution is 9.09. The minimum absolute atomic E-state index is 0.179. The molecule has 0 N–H and O–H groups in total. The van der Waals surface area contributed by atoms with Crippen molar-refractivity contribution in [1.82, 2.24) is 4.31 Å². The van der Waals surface area contributed by atoms with E-state index in [1.165, 1.54) is 0 Å². The second-order valence-corrected chi connectivity index (χ2v) is 9.17. The van der Waals surface area contributed by atoms with Gasteiger partial charge in [-0.2, -0.15) is 4.31 Å². The molecule has 0 saturated carbocycles. The molecule has 0 aliphatic rings. The number of hydrogen-bond acceptors (Lipinski definition) is 4. The predicted octanol–water partition coefficient (Wildman–Crippen LogP) is 2.02. The Bertz CT molecular complexity index is 698. The Morgan fingerprint density at radius 1 is 1.19 bits per heavy atom. The van der Waals surface area contributed by atoms with Gasteiger partial charge in [0.25, 0.3) is 0 Å². The molecule has 1 aromatic rings. The summed E-state index contributed by atoms with van der Waals surface area (Å²) in [4.78, 5) is -0.836. The fourth-order valence-corrected chi connectivity index (χ4v) is 4.75. The largest absolute Gasteiger partial charge is 0.246 e. The fourth-order valence-electron chi connectivity index (χ4n) is 1.75. The molecule has 1 aromatic carbocycles. The standard InChI is InChI=1S/C12H17BrFNO4S2/c1-3-7-15(8-6-13)21(18,19)12-9-10(20(2,16)17)4-5-11(12)14/h4-5,9H,3,6-8H2,1-2H3. The fraction of sp³-hybridized carbons (Fsp3) is 0.500. The first-order valence-electron chi connectivity index (χ1n) is 6.20. The molecule has 1 rings (SSSR count). The lowest BCUT2D eigenvalue weighted by atomic mass is 10.3.